The third-order valence-electron chi connectivity index (χ3n) is 6.15. The molecule has 1 aliphatic rings. The van der Waals surface area contributed by atoms with Gasteiger partial charge in [0.2, 0.25) is 0 Å². The fourth-order valence-electron chi connectivity index (χ4n) is 4.60. The Balaban J connectivity index is 1.55. The van der Waals surface area contributed by atoms with Crippen molar-refractivity contribution in [3.05, 3.63) is 76.7 Å². The number of hydrogen-bond acceptors (Lipinski definition) is 2. The molecule has 3 heterocycles. The first kappa shape index (κ1) is 20.6. The number of halogens is 2. The molecule has 1 N–H and O–H groups in total. The average Bonchev–Trinajstić information content (AvgIpc) is 3.16. The van der Waals surface area contributed by atoms with Gasteiger partial charge in [0.05, 0.1) is 0 Å². The Labute approximate surface area is 193 Å². The van der Waals surface area contributed by atoms with Gasteiger partial charge in [-0.2, -0.15) is 0 Å². The van der Waals surface area contributed by atoms with Crippen molar-refractivity contribution in [2.24, 2.45) is 0 Å². The largest absolute Gasteiger partial charge is 0.358 e. The number of hydrogen-bond donors (Lipinski definition) is 1. The Kier molecular flexibility index (Phi) is 5.99. The van der Waals surface area contributed by atoms with Crippen molar-refractivity contribution in [2.45, 2.75) is 25.7 Å². The normalized spacial score (nSPS) is 14.9. The Morgan fingerprint density at radius 1 is 0.839 bits per heavy atom. The van der Waals surface area contributed by atoms with E-state index in [4.69, 9.17) is 23.2 Å². The van der Waals surface area contributed by atoms with Gasteiger partial charge in [-0.15, -0.1) is 0 Å². The summed E-state index contributed by atoms with van der Waals surface area (Å²) in [7, 11) is 0. The lowest BCUT2D eigenvalue weighted by Crippen LogP contribution is -2.31. The van der Waals surface area contributed by atoms with Crippen LogP contribution < -0.4 is 0 Å². The lowest BCUT2D eigenvalue weighted by Gasteiger charge is -2.26. The molecule has 2 aromatic carbocycles. The highest BCUT2D eigenvalue weighted by atomic mass is 35.5. The zero-order chi connectivity index (χ0) is 21.2. The predicted octanol–water partition coefficient (Wildman–Crippen LogP) is 7.23. The fraction of sp³-hybridized carbons (Fsp3) is 0.269. The number of nitrogens with one attached hydrogen (secondary N) is 1. The molecule has 0 aliphatic carbocycles. The van der Waals surface area contributed by atoms with Crippen LogP contribution in [0.5, 0.6) is 0 Å². The number of aromatic amines is 1. The number of fused-ring (bicyclic) bond motifs is 1. The lowest BCUT2D eigenvalue weighted by atomic mass is 9.98. The van der Waals surface area contributed by atoms with Gasteiger partial charge >= 0.3 is 0 Å². The Morgan fingerprint density at radius 3 is 2.48 bits per heavy atom. The molecule has 1 saturated heterocycles. The predicted molar refractivity (Wildman–Crippen MR) is 131 cm³/mol. The quantitative estimate of drug-likeness (QED) is 0.348. The highest BCUT2D eigenvalue weighted by molar-refractivity contribution is 6.31. The molecule has 0 saturated carbocycles. The van der Waals surface area contributed by atoms with Crippen LogP contribution in [0.15, 0.2) is 60.9 Å². The molecular formula is C26H25Cl2N3. The van der Waals surface area contributed by atoms with E-state index in [0.29, 0.717) is 0 Å². The molecule has 1 aliphatic heterocycles. The molecule has 5 heteroatoms. The van der Waals surface area contributed by atoms with E-state index < -0.39 is 0 Å². The second kappa shape index (κ2) is 9.04. The van der Waals surface area contributed by atoms with Crippen molar-refractivity contribution in [3.63, 3.8) is 0 Å². The number of aromatic nitrogens is 2. The van der Waals surface area contributed by atoms with E-state index in [1.54, 1.807) is 0 Å². The third kappa shape index (κ3) is 4.50. The van der Waals surface area contributed by atoms with E-state index in [1.807, 2.05) is 42.7 Å². The Bertz CT molecular complexity index is 1210. The van der Waals surface area contributed by atoms with Crippen molar-refractivity contribution in [3.8, 4) is 22.3 Å². The summed E-state index contributed by atoms with van der Waals surface area (Å²) in [6, 6.07) is 16.2. The summed E-state index contributed by atoms with van der Waals surface area (Å²) in [5, 5.41) is 2.66. The summed E-state index contributed by atoms with van der Waals surface area (Å²) in [5.41, 5.74) is 6.78. The number of H-pyrrole nitrogens is 1. The summed E-state index contributed by atoms with van der Waals surface area (Å²) < 4.78 is 0. The van der Waals surface area contributed by atoms with Crippen LogP contribution in [0, 0.1) is 0 Å². The zero-order valence-corrected chi connectivity index (χ0v) is 18.9. The third-order valence-corrected chi connectivity index (χ3v) is 6.62. The lowest BCUT2D eigenvalue weighted by molar-refractivity contribution is 0.231. The number of piperidine rings is 1. The molecule has 5 rings (SSSR count). The zero-order valence-electron chi connectivity index (χ0n) is 17.4. The molecule has 0 radical (unpaired) electrons. The second-order valence-electron chi connectivity index (χ2n) is 8.29. The minimum Gasteiger partial charge on any atom is -0.358 e. The number of nitrogens with zero attached hydrogens (tertiary/aromatic N) is 2. The minimum atomic E-state index is 0.729. The molecule has 158 valence electrons. The average molecular weight is 450 g/mol. The van der Waals surface area contributed by atoms with Crippen LogP contribution in [-0.2, 0) is 6.42 Å². The maximum atomic E-state index is 6.29. The van der Waals surface area contributed by atoms with E-state index in [9.17, 15) is 0 Å². The van der Waals surface area contributed by atoms with Crippen LogP contribution in [0.2, 0.25) is 10.0 Å². The fourth-order valence-corrected chi connectivity index (χ4v) is 4.96. The topological polar surface area (TPSA) is 31.9 Å². The van der Waals surface area contributed by atoms with Gasteiger partial charge in [0.25, 0.3) is 0 Å². The Morgan fingerprint density at radius 2 is 1.65 bits per heavy atom. The molecule has 1 fully saturated rings. The SMILES string of the molecule is Clc1cccc(-c2cncc(-c3c(CCN4CCCCC4)[nH]c4cc(Cl)ccc34)c2)c1. The second-order valence-corrected chi connectivity index (χ2v) is 9.17. The van der Waals surface area contributed by atoms with Crippen LogP contribution in [0.4, 0.5) is 0 Å². The van der Waals surface area contributed by atoms with Crippen LogP contribution >= 0.6 is 23.2 Å². The molecule has 0 amide bonds. The maximum Gasteiger partial charge on any atom is 0.0477 e. The Hall–Kier alpha value is -2.33. The highest BCUT2D eigenvalue weighted by Gasteiger charge is 2.17. The van der Waals surface area contributed by atoms with Crippen LogP contribution in [0.1, 0.15) is 25.0 Å². The van der Waals surface area contributed by atoms with Crippen molar-refractivity contribution < 1.29 is 0 Å². The van der Waals surface area contributed by atoms with Crippen molar-refractivity contribution in [1.82, 2.24) is 14.9 Å². The summed E-state index contributed by atoms with van der Waals surface area (Å²) in [5.74, 6) is 0. The highest BCUT2D eigenvalue weighted by Crippen LogP contribution is 2.36. The van der Waals surface area contributed by atoms with Gasteiger partial charge in [-0.1, -0.05) is 47.8 Å². The van der Waals surface area contributed by atoms with Gasteiger partial charge in [0, 0.05) is 68.7 Å². The van der Waals surface area contributed by atoms with Crippen LogP contribution in [0.25, 0.3) is 33.2 Å². The smallest absolute Gasteiger partial charge is 0.0477 e. The van der Waals surface area contributed by atoms with Crippen molar-refractivity contribution in [1.29, 1.82) is 0 Å². The standard InChI is InChI=1S/C26H25Cl2N3/c27-21-6-4-5-18(14-21)19-13-20(17-29-16-19)26-23-8-7-22(28)15-25(23)30-24(26)9-12-31-10-2-1-3-11-31/h4-8,13-17,30H,1-3,9-12H2. The monoisotopic (exact) mass is 449 g/mol. The first-order valence-electron chi connectivity index (χ1n) is 10.9. The summed E-state index contributed by atoms with van der Waals surface area (Å²) >= 11 is 12.5. The van der Waals surface area contributed by atoms with E-state index in [-0.39, 0.29) is 0 Å². The van der Waals surface area contributed by atoms with Gasteiger partial charge in [-0.3, -0.25) is 4.98 Å². The van der Waals surface area contributed by atoms with Gasteiger partial charge in [0.1, 0.15) is 0 Å². The molecule has 4 aromatic rings. The number of benzene rings is 2. The first-order chi connectivity index (χ1) is 15.2. The summed E-state index contributed by atoms with van der Waals surface area (Å²) in [6.45, 7) is 3.47. The molecular weight excluding hydrogens is 425 g/mol. The molecule has 0 atom stereocenters. The number of pyridine rings is 1. The van der Waals surface area contributed by atoms with E-state index in [1.165, 1.54) is 49.0 Å². The molecule has 0 spiro atoms. The van der Waals surface area contributed by atoms with Gasteiger partial charge in [-0.05, 0) is 61.8 Å². The first-order valence-corrected chi connectivity index (χ1v) is 11.7. The van der Waals surface area contributed by atoms with E-state index >= 15 is 0 Å². The van der Waals surface area contributed by atoms with E-state index in [2.05, 4.69) is 33.1 Å². The van der Waals surface area contributed by atoms with Crippen LogP contribution in [-0.4, -0.2) is 34.5 Å². The van der Waals surface area contributed by atoms with Crippen LogP contribution in [0.3, 0.4) is 0 Å². The maximum absolute atomic E-state index is 6.29. The molecule has 0 bridgehead atoms. The van der Waals surface area contributed by atoms with Gasteiger partial charge in [-0.25, -0.2) is 0 Å². The molecule has 3 nitrogen and oxygen atoms in total. The summed E-state index contributed by atoms with van der Waals surface area (Å²) in [6.07, 6.45) is 8.79. The van der Waals surface area contributed by atoms with Crippen molar-refractivity contribution in [2.75, 3.05) is 19.6 Å². The molecule has 31 heavy (non-hydrogen) atoms. The van der Waals surface area contributed by atoms with E-state index in [0.717, 1.165) is 45.2 Å². The van der Waals surface area contributed by atoms with Gasteiger partial charge in [0.15, 0.2) is 0 Å². The van der Waals surface area contributed by atoms with Crippen molar-refractivity contribution >= 4 is 34.1 Å². The minimum absolute atomic E-state index is 0.729. The number of likely N-dealkylation sites (tertiary alicyclic amines) is 1. The van der Waals surface area contributed by atoms with Gasteiger partial charge < -0.3 is 9.88 Å². The summed E-state index contributed by atoms with van der Waals surface area (Å²) in [4.78, 5) is 10.8. The molecule has 2 aromatic heterocycles. The number of rotatable bonds is 5. The molecule has 0 unspecified atom stereocenters.